The number of nitrogens with zero attached hydrogens (tertiary/aromatic N) is 2. The van der Waals surface area contributed by atoms with Gasteiger partial charge in [-0.15, -0.1) is 0 Å². The summed E-state index contributed by atoms with van der Waals surface area (Å²) in [6.07, 6.45) is 1.63. The molecule has 0 unspecified atom stereocenters. The molecule has 3 N–H and O–H groups in total. The standard InChI is InChI=1S/C22H17FN4O3S.Li.H/c1-2-24-21(30)27-22-26-18-17(23)14(12-6-5-7-13(10-12)20(28)29)11-15(19(18)31-22)16-8-3-4-9-25-16;;/h3-11H,2H2,1H3,(H,28,29)(H2,24,26,27,30);;/q;+1;-1. The van der Waals surface area contributed by atoms with Gasteiger partial charge in [-0.2, -0.15) is 0 Å². The van der Waals surface area contributed by atoms with Gasteiger partial charge in [-0.05, 0) is 42.8 Å². The zero-order valence-electron chi connectivity index (χ0n) is 18.3. The number of urea groups is 1. The first-order valence-corrected chi connectivity index (χ1v) is 10.2. The molecule has 0 saturated heterocycles. The van der Waals surface area contributed by atoms with Crippen LogP contribution >= 0.6 is 11.3 Å². The minimum absolute atomic E-state index is 0. The largest absolute Gasteiger partial charge is 1.00 e. The number of aromatic nitrogens is 2. The number of benzene rings is 2. The van der Waals surface area contributed by atoms with Crippen molar-refractivity contribution in [3.8, 4) is 22.4 Å². The van der Waals surface area contributed by atoms with Crippen molar-refractivity contribution in [1.29, 1.82) is 0 Å². The van der Waals surface area contributed by atoms with E-state index in [2.05, 4.69) is 20.6 Å². The number of carbonyl (C=O) groups excluding carboxylic acids is 1. The Morgan fingerprint density at radius 2 is 1.97 bits per heavy atom. The third-order valence-electron chi connectivity index (χ3n) is 4.52. The molecule has 0 aliphatic heterocycles. The Bertz CT molecular complexity index is 1300. The molecule has 4 rings (SSSR count). The zero-order chi connectivity index (χ0) is 22.0. The molecule has 158 valence electrons. The van der Waals surface area contributed by atoms with Crippen molar-refractivity contribution >= 4 is 38.7 Å². The maximum absolute atomic E-state index is 15.5. The molecule has 2 aromatic heterocycles. The average Bonchev–Trinajstić information content (AvgIpc) is 3.19. The van der Waals surface area contributed by atoms with E-state index in [0.29, 0.717) is 28.1 Å². The van der Waals surface area contributed by atoms with Gasteiger partial charge >= 0.3 is 30.9 Å². The molecule has 2 heterocycles. The van der Waals surface area contributed by atoms with Crippen LogP contribution in [0.5, 0.6) is 0 Å². The van der Waals surface area contributed by atoms with Crippen molar-refractivity contribution in [2.45, 2.75) is 6.92 Å². The van der Waals surface area contributed by atoms with Crippen LogP contribution in [0.25, 0.3) is 32.6 Å². The van der Waals surface area contributed by atoms with Gasteiger partial charge in [0.2, 0.25) is 0 Å². The minimum Gasteiger partial charge on any atom is -1.00 e. The fraction of sp³-hybridized carbons (Fsp3) is 0.0909. The summed E-state index contributed by atoms with van der Waals surface area (Å²) in [5, 5.41) is 14.8. The predicted molar refractivity (Wildman–Crippen MR) is 119 cm³/mol. The van der Waals surface area contributed by atoms with Crippen LogP contribution in [0.1, 0.15) is 18.7 Å². The Morgan fingerprint density at radius 1 is 1.16 bits per heavy atom. The van der Waals surface area contributed by atoms with Gasteiger partial charge in [-0.25, -0.2) is 19.0 Å². The van der Waals surface area contributed by atoms with Gasteiger partial charge in [0.05, 0.1) is 16.0 Å². The van der Waals surface area contributed by atoms with Crippen LogP contribution in [0.4, 0.5) is 14.3 Å². The Morgan fingerprint density at radius 3 is 2.66 bits per heavy atom. The van der Waals surface area contributed by atoms with Crippen molar-refractivity contribution in [1.82, 2.24) is 15.3 Å². The second-order valence-corrected chi connectivity index (χ2v) is 7.57. The Hall–Kier alpha value is -3.25. The molecule has 0 bridgehead atoms. The average molecular weight is 444 g/mol. The Kier molecular flexibility index (Phi) is 7.25. The van der Waals surface area contributed by atoms with Gasteiger partial charge in [0.25, 0.3) is 0 Å². The molecule has 0 radical (unpaired) electrons. The van der Waals surface area contributed by atoms with Crippen molar-refractivity contribution in [2.75, 3.05) is 11.9 Å². The van der Waals surface area contributed by atoms with E-state index in [-0.39, 0.29) is 42.1 Å². The SMILES string of the molecule is CCNC(=O)Nc1nc2c(F)c(-c3cccc(C(=O)O)c3)cc(-c3ccccn3)c2s1.[H-].[Li+]. The van der Waals surface area contributed by atoms with E-state index in [4.69, 9.17) is 0 Å². The molecule has 2 aromatic carbocycles. The first kappa shape index (κ1) is 23.4. The number of nitrogens with one attached hydrogen (secondary N) is 2. The van der Waals surface area contributed by atoms with Crippen molar-refractivity contribution in [2.24, 2.45) is 0 Å². The Labute approximate surface area is 200 Å². The predicted octanol–water partition coefficient (Wildman–Crippen LogP) is 2.12. The van der Waals surface area contributed by atoms with Crippen LogP contribution in [0.15, 0.2) is 54.7 Å². The summed E-state index contributed by atoms with van der Waals surface area (Å²) >= 11 is 1.14. The number of thiazole rings is 1. The van der Waals surface area contributed by atoms with E-state index < -0.39 is 17.8 Å². The van der Waals surface area contributed by atoms with E-state index in [1.54, 1.807) is 43.5 Å². The van der Waals surface area contributed by atoms with E-state index in [1.807, 2.05) is 6.07 Å². The van der Waals surface area contributed by atoms with Crippen LogP contribution in [-0.2, 0) is 0 Å². The number of amides is 2. The van der Waals surface area contributed by atoms with E-state index in [9.17, 15) is 14.7 Å². The number of rotatable bonds is 5. The van der Waals surface area contributed by atoms with Crippen LogP contribution in [0, 0.1) is 5.82 Å². The summed E-state index contributed by atoms with van der Waals surface area (Å²) in [7, 11) is 0. The van der Waals surface area contributed by atoms with Gasteiger partial charge in [0, 0.05) is 23.9 Å². The number of hydrogen-bond donors (Lipinski definition) is 3. The third kappa shape index (κ3) is 4.65. The molecular weight excluding hydrogens is 426 g/mol. The van der Waals surface area contributed by atoms with Gasteiger partial charge < -0.3 is 11.8 Å². The Balaban J connectivity index is 0.00000193. The summed E-state index contributed by atoms with van der Waals surface area (Å²) in [6.45, 7) is 2.22. The van der Waals surface area contributed by atoms with Gasteiger partial charge in [-0.3, -0.25) is 10.3 Å². The van der Waals surface area contributed by atoms with Crippen molar-refractivity contribution < 1.29 is 39.4 Å². The van der Waals surface area contributed by atoms with Crippen molar-refractivity contribution in [3.63, 3.8) is 0 Å². The smallest absolute Gasteiger partial charge is 1.00 e. The molecule has 2 amide bonds. The molecule has 0 atom stereocenters. The quantitative estimate of drug-likeness (QED) is 0.409. The molecular formula is C22H18FLiN4O3S. The number of fused-ring (bicyclic) bond motifs is 1. The fourth-order valence-electron chi connectivity index (χ4n) is 3.15. The zero-order valence-corrected chi connectivity index (χ0v) is 18.2. The molecule has 0 saturated carbocycles. The topological polar surface area (TPSA) is 104 Å². The van der Waals surface area contributed by atoms with Crippen LogP contribution in [0.2, 0.25) is 0 Å². The second kappa shape index (κ2) is 9.91. The molecule has 0 spiro atoms. The molecule has 7 nitrogen and oxygen atoms in total. The summed E-state index contributed by atoms with van der Waals surface area (Å²) in [5.41, 5.74) is 1.98. The summed E-state index contributed by atoms with van der Waals surface area (Å²) in [5.74, 6) is -1.70. The first-order chi connectivity index (χ1) is 15.0. The number of carbonyl (C=O) groups is 2. The normalized spacial score (nSPS) is 10.4. The number of halogens is 1. The summed E-state index contributed by atoms with van der Waals surface area (Å²) in [4.78, 5) is 31.9. The number of carboxylic acids is 1. The molecule has 0 aliphatic carbocycles. The summed E-state index contributed by atoms with van der Waals surface area (Å²) < 4.78 is 16.1. The number of pyridine rings is 1. The number of carboxylic acid groups (broad SMARTS) is 1. The van der Waals surface area contributed by atoms with Gasteiger partial charge in [-0.1, -0.05) is 29.5 Å². The molecule has 32 heavy (non-hydrogen) atoms. The van der Waals surface area contributed by atoms with Gasteiger partial charge in [0.1, 0.15) is 5.52 Å². The minimum atomic E-state index is -1.10. The summed E-state index contributed by atoms with van der Waals surface area (Å²) in [6, 6.07) is 12.6. The monoisotopic (exact) mass is 444 g/mol. The maximum atomic E-state index is 15.5. The van der Waals surface area contributed by atoms with E-state index >= 15 is 4.39 Å². The third-order valence-corrected chi connectivity index (χ3v) is 5.53. The van der Waals surface area contributed by atoms with Gasteiger partial charge in [0.15, 0.2) is 10.9 Å². The number of anilines is 1. The number of hydrogen-bond acceptors (Lipinski definition) is 5. The molecule has 0 aliphatic rings. The van der Waals surface area contributed by atoms with Crippen LogP contribution in [0.3, 0.4) is 0 Å². The molecule has 0 fully saturated rings. The van der Waals surface area contributed by atoms with Crippen LogP contribution in [-0.4, -0.2) is 33.6 Å². The van der Waals surface area contributed by atoms with E-state index in [1.165, 1.54) is 12.1 Å². The van der Waals surface area contributed by atoms with E-state index in [0.717, 1.165) is 11.3 Å². The fourth-order valence-corrected chi connectivity index (χ4v) is 4.13. The second-order valence-electron chi connectivity index (χ2n) is 6.57. The molecule has 10 heteroatoms. The van der Waals surface area contributed by atoms with Crippen molar-refractivity contribution in [3.05, 3.63) is 66.1 Å². The van der Waals surface area contributed by atoms with Crippen LogP contribution < -0.4 is 29.5 Å². The number of aromatic carboxylic acids is 1. The maximum Gasteiger partial charge on any atom is 1.00 e. The molecule has 4 aromatic rings. The first-order valence-electron chi connectivity index (χ1n) is 9.41.